The topological polar surface area (TPSA) is 37.4 Å². The van der Waals surface area contributed by atoms with Crippen LogP contribution in [0, 0.1) is 87.3 Å². The number of para-hydroxylation sites is 3. The van der Waals surface area contributed by atoms with Gasteiger partial charge in [-0.3, -0.25) is 0 Å². The van der Waals surface area contributed by atoms with E-state index in [9.17, 15) is 39.5 Å². The molecule has 0 atom stereocenters. The highest BCUT2D eigenvalue weighted by Gasteiger charge is 2.64. The number of anilines is 3. The van der Waals surface area contributed by atoms with Crippen molar-refractivity contribution in [2.24, 2.45) is 0 Å². The standard InChI is InChI=1S/C36H15B3F15N3O3/c40-19-22(43)28(49)34(29(50)23(19)44)58-37-55(16-10-4-1-5-11-16)38(59-35-30(51)24(45)20(41)25(46)31(35)52)57(18-14-8-3-9-15-18)39(56(37)17-12-6-2-7-13-17)60-36-32(53)26(47)21(42)27(48)33(36)54/h1-15H. The first-order chi connectivity index (χ1) is 28.6. The Balaban J connectivity index is 1.62. The lowest BCUT2D eigenvalue weighted by molar-refractivity contribution is 0.341. The van der Waals surface area contributed by atoms with Crippen LogP contribution >= 0.6 is 0 Å². The Hall–Kier alpha value is -6.74. The Morgan fingerprint density at radius 3 is 0.600 bits per heavy atom. The molecule has 0 N–H and O–H groups in total. The van der Waals surface area contributed by atoms with E-state index < -0.39 is 143 Å². The summed E-state index contributed by atoms with van der Waals surface area (Å²) in [4.78, 5) is 0. The highest BCUT2D eigenvalue weighted by molar-refractivity contribution is 7.00. The molecule has 1 aliphatic heterocycles. The third kappa shape index (κ3) is 6.87. The molecule has 7 rings (SSSR count). The lowest BCUT2D eigenvalue weighted by Gasteiger charge is -2.51. The van der Waals surface area contributed by atoms with Crippen molar-refractivity contribution < 1.29 is 79.8 Å². The van der Waals surface area contributed by atoms with Gasteiger partial charge in [-0.1, -0.05) is 54.6 Å². The molecule has 6 aromatic carbocycles. The van der Waals surface area contributed by atoms with Gasteiger partial charge in [0.25, 0.3) is 0 Å². The van der Waals surface area contributed by atoms with Gasteiger partial charge in [0.15, 0.2) is 17.2 Å². The lowest BCUT2D eigenvalue weighted by Crippen LogP contribution is -2.83. The van der Waals surface area contributed by atoms with E-state index in [-0.39, 0.29) is 0 Å². The van der Waals surface area contributed by atoms with Crippen molar-refractivity contribution in [1.29, 1.82) is 0 Å². The highest BCUT2D eigenvalue weighted by Crippen LogP contribution is 2.40. The molecule has 6 nitrogen and oxygen atoms in total. The number of benzene rings is 6. The van der Waals surface area contributed by atoms with Gasteiger partial charge in [0.2, 0.25) is 87.3 Å². The van der Waals surface area contributed by atoms with Crippen molar-refractivity contribution >= 4 is 38.6 Å². The van der Waals surface area contributed by atoms with E-state index in [0.717, 1.165) is 36.4 Å². The predicted octanol–water partition coefficient (Wildman–Crippen LogP) is 9.80. The summed E-state index contributed by atoms with van der Waals surface area (Å²) in [5.74, 6) is -45.7. The Kier molecular flexibility index (Phi) is 11.1. The molecular weight excluding hydrogens is 840 g/mol. The summed E-state index contributed by atoms with van der Waals surface area (Å²) in [5, 5.41) is 0. The molecule has 0 aliphatic carbocycles. The molecule has 0 unspecified atom stereocenters. The molecule has 0 radical (unpaired) electrons. The normalized spacial score (nSPS) is 13.1. The van der Waals surface area contributed by atoms with Gasteiger partial charge < -0.3 is 28.1 Å². The average Bonchev–Trinajstić information content (AvgIpc) is 3.27. The van der Waals surface area contributed by atoms with E-state index in [4.69, 9.17) is 14.0 Å². The van der Waals surface area contributed by atoms with Gasteiger partial charge in [0.1, 0.15) is 0 Å². The summed E-state index contributed by atoms with van der Waals surface area (Å²) in [6.45, 7) is 0. The Morgan fingerprint density at radius 1 is 0.250 bits per heavy atom. The van der Waals surface area contributed by atoms with Crippen LogP contribution in [0.15, 0.2) is 91.0 Å². The molecule has 6 aromatic rings. The molecule has 1 fully saturated rings. The Morgan fingerprint density at radius 2 is 0.417 bits per heavy atom. The zero-order chi connectivity index (χ0) is 43.3. The maximum atomic E-state index is 15.5. The van der Waals surface area contributed by atoms with Crippen molar-refractivity contribution in [3.8, 4) is 17.2 Å². The van der Waals surface area contributed by atoms with Crippen LogP contribution in [0.2, 0.25) is 0 Å². The molecule has 60 heavy (non-hydrogen) atoms. The van der Waals surface area contributed by atoms with Crippen molar-refractivity contribution in [2.45, 2.75) is 0 Å². The minimum Gasteiger partial charge on any atom is -0.520 e. The minimum atomic E-state index is -2.71. The molecule has 0 bridgehead atoms. The first-order valence-corrected chi connectivity index (χ1v) is 16.6. The van der Waals surface area contributed by atoms with E-state index in [1.807, 2.05) is 0 Å². The van der Waals surface area contributed by atoms with Gasteiger partial charge in [-0.25, -0.2) is 39.5 Å². The predicted molar refractivity (Wildman–Crippen MR) is 185 cm³/mol. The molecule has 1 saturated heterocycles. The maximum Gasteiger partial charge on any atom is 0.601 e. The first-order valence-electron chi connectivity index (χ1n) is 16.6. The molecule has 306 valence electrons. The largest absolute Gasteiger partial charge is 0.601 e. The smallest absolute Gasteiger partial charge is 0.520 e. The van der Waals surface area contributed by atoms with Gasteiger partial charge in [-0.05, 0) is 36.4 Å². The molecule has 0 spiro atoms. The third-order valence-corrected chi connectivity index (χ3v) is 8.77. The van der Waals surface area contributed by atoms with Crippen molar-refractivity contribution in [3.05, 3.63) is 178 Å². The van der Waals surface area contributed by atoms with Crippen molar-refractivity contribution in [1.82, 2.24) is 0 Å². The number of nitrogens with zero attached hydrogens (tertiary/aromatic N) is 3. The summed E-state index contributed by atoms with van der Waals surface area (Å²) in [6, 6.07) is 18.1. The molecule has 0 aromatic heterocycles. The maximum absolute atomic E-state index is 15.5. The Bertz CT molecular complexity index is 2230. The summed E-state index contributed by atoms with van der Waals surface area (Å²) in [5.41, 5.74) is -1.18. The quantitative estimate of drug-likeness (QED) is 0.0625. The van der Waals surface area contributed by atoms with E-state index in [1.54, 1.807) is 0 Å². The van der Waals surface area contributed by atoms with E-state index in [2.05, 4.69) is 0 Å². The van der Waals surface area contributed by atoms with Gasteiger partial charge in [-0.2, -0.15) is 26.3 Å². The Labute approximate surface area is 328 Å². The van der Waals surface area contributed by atoms with Crippen LogP contribution in [0.25, 0.3) is 0 Å². The SMILES string of the molecule is Fc1c(F)c(F)c(OB2N(c3ccccc3)B(Oc3c(F)c(F)c(F)c(F)c3F)N(c3ccccc3)B(Oc3c(F)c(F)c(F)c(F)c3F)N2c2ccccc2)c(F)c1F. The lowest BCUT2D eigenvalue weighted by atomic mass is 9.60. The van der Waals surface area contributed by atoms with E-state index in [1.165, 1.54) is 54.6 Å². The van der Waals surface area contributed by atoms with Crippen LogP contribution in [0.3, 0.4) is 0 Å². The molecular formula is C36H15B3F15N3O3. The second-order valence-corrected chi connectivity index (χ2v) is 12.3. The van der Waals surface area contributed by atoms with Crippen LogP contribution in [-0.4, -0.2) is 21.6 Å². The zero-order valence-electron chi connectivity index (χ0n) is 29.1. The van der Waals surface area contributed by atoms with Crippen molar-refractivity contribution in [3.63, 3.8) is 0 Å². The van der Waals surface area contributed by atoms with Crippen LogP contribution < -0.4 is 28.1 Å². The molecule has 0 amide bonds. The fraction of sp³-hybridized carbons (Fsp3) is 0. The average molecular weight is 855 g/mol. The fourth-order valence-electron chi connectivity index (χ4n) is 6.02. The van der Waals surface area contributed by atoms with Gasteiger partial charge in [0, 0.05) is 17.1 Å². The number of rotatable bonds is 9. The third-order valence-electron chi connectivity index (χ3n) is 8.77. The number of hydrogen-bond donors (Lipinski definition) is 0. The fourth-order valence-corrected chi connectivity index (χ4v) is 6.02. The van der Waals surface area contributed by atoms with E-state index in [0.29, 0.717) is 14.2 Å². The van der Waals surface area contributed by atoms with Gasteiger partial charge in [0.05, 0.1) is 0 Å². The van der Waals surface area contributed by atoms with Crippen LogP contribution in [-0.2, 0) is 0 Å². The summed E-state index contributed by atoms with van der Waals surface area (Å²) in [7, 11) is -8.12. The van der Waals surface area contributed by atoms with Gasteiger partial charge in [-0.15, -0.1) is 0 Å². The minimum absolute atomic E-state index is 0.392. The number of halogens is 15. The molecule has 1 heterocycles. The van der Waals surface area contributed by atoms with Crippen molar-refractivity contribution in [2.75, 3.05) is 14.2 Å². The highest BCUT2D eigenvalue weighted by atomic mass is 19.2. The molecule has 0 saturated carbocycles. The van der Waals surface area contributed by atoms with Crippen LogP contribution in [0.4, 0.5) is 82.9 Å². The summed E-state index contributed by atoms with van der Waals surface area (Å²) < 4.78 is 242. The summed E-state index contributed by atoms with van der Waals surface area (Å²) >= 11 is 0. The molecule has 24 heteroatoms. The summed E-state index contributed by atoms with van der Waals surface area (Å²) in [6.07, 6.45) is 0. The number of hydrogen-bond acceptors (Lipinski definition) is 6. The molecule has 1 aliphatic rings. The van der Waals surface area contributed by atoms with Crippen LogP contribution in [0.5, 0.6) is 17.2 Å². The van der Waals surface area contributed by atoms with Crippen LogP contribution in [0.1, 0.15) is 0 Å². The zero-order valence-corrected chi connectivity index (χ0v) is 29.1. The first kappa shape index (κ1) is 41.4. The second-order valence-electron chi connectivity index (χ2n) is 12.3. The van der Waals surface area contributed by atoms with E-state index >= 15 is 26.3 Å². The van der Waals surface area contributed by atoms with Gasteiger partial charge >= 0.3 is 21.6 Å². The second kappa shape index (κ2) is 16.1. The monoisotopic (exact) mass is 855 g/mol.